The zero-order valence-corrected chi connectivity index (χ0v) is 10.1. The third-order valence-electron chi connectivity index (χ3n) is 3.27. The van der Waals surface area contributed by atoms with Crippen molar-refractivity contribution >= 4 is 5.78 Å². The third-order valence-corrected chi connectivity index (χ3v) is 3.27. The first kappa shape index (κ1) is 12.0. The highest BCUT2D eigenvalue weighted by Crippen LogP contribution is 2.23. The van der Waals surface area contributed by atoms with Crippen LogP contribution in [-0.2, 0) is 0 Å². The summed E-state index contributed by atoms with van der Waals surface area (Å²) >= 11 is 0. The van der Waals surface area contributed by atoms with Crippen LogP contribution in [-0.4, -0.2) is 5.78 Å². The average Bonchev–Trinajstić information content (AvgIpc) is 2.34. The molecule has 1 aromatic rings. The summed E-state index contributed by atoms with van der Waals surface area (Å²) in [5, 5.41) is 0. The maximum Gasteiger partial charge on any atom is 0.185 e. The molecule has 0 aliphatic heterocycles. The van der Waals surface area contributed by atoms with Gasteiger partial charge in [-0.15, -0.1) is 0 Å². The first-order valence-electron chi connectivity index (χ1n) is 6.17. The van der Waals surface area contributed by atoms with E-state index in [-0.39, 0.29) is 11.6 Å². The fourth-order valence-corrected chi connectivity index (χ4v) is 2.22. The lowest BCUT2D eigenvalue weighted by Crippen LogP contribution is -2.01. The Kier molecular flexibility index (Phi) is 3.72. The number of hydrogen-bond donors (Lipinski definition) is 0. The molecule has 1 aromatic carbocycles. The maximum atomic E-state index is 13.1. The van der Waals surface area contributed by atoms with Crippen molar-refractivity contribution in [3.63, 3.8) is 0 Å². The van der Waals surface area contributed by atoms with Crippen LogP contribution in [0.15, 0.2) is 29.8 Å². The van der Waals surface area contributed by atoms with Crippen LogP contribution >= 0.6 is 0 Å². The Hall–Kier alpha value is -1.44. The van der Waals surface area contributed by atoms with E-state index >= 15 is 0 Å². The molecule has 0 aromatic heterocycles. The summed E-state index contributed by atoms with van der Waals surface area (Å²) in [6, 6.07) is 4.55. The second kappa shape index (κ2) is 5.26. The van der Waals surface area contributed by atoms with E-state index in [1.54, 1.807) is 25.1 Å². The number of carbonyl (C=O) groups excluding carboxylic acids is 1. The number of ketones is 1. The van der Waals surface area contributed by atoms with Crippen molar-refractivity contribution in [2.75, 3.05) is 0 Å². The maximum absolute atomic E-state index is 13.1. The van der Waals surface area contributed by atoms with E-state index in [0.29, 0.717) is 11.1 Å². The van der Waals surface area contributed by atoms with Gasteiger partial charge in [0.2, 0.25) is 0 Å². The highest BCUT2D eigenvalue weighted by Gasteiger charge is 2.10. The normalized spacial score (nSPS) is 15.8. The molecule has 2 rings (SSSR count). The molecule has 1 saturated carbocycles. The van der Waals surface area contributed by atoms with Gasteiger partial charge in [-0.3, -0.25) is 4.79 Å². The highest BCUT2D eigenvalue weighted by molar-refractivity contribution is 6.05. The van der Waals surface area contributed by atoms with Crippen molar-refractivity contribution in [3.05, 3.63) is 46.8 Å². The molecular weight excluding hydrogens is 215 g/mol. The van der Waals surface area contributed by atoms with Crippen LogP contribution in [0.2, 0.25) is 0 Å². The summed E-state index contributed by atoms with van der Waals surface area (Å²) in [6.45, 7) is 1.68. The van der Waals surface area contributed by atoms with Gasteiger partial charge in [-0.1, -0.05) is 12.0 Å². The Morgan fingerprint density at radius 1 is 1.24 bits per heavy atom. The molecule has 0 amide bonds. The summed E-state index contributed by atoms with van der Waals surface area (Å²) in [5.41, 5.74) is 2.35. The van der Waals surface area contributed by atoms with E-state index in [2.05, 4.69) is 0 Å². The third kappa shape index (κ3) is 3.02. The fraction of sp³-hybridized carbons (Fsp3) is 0.400. The standard InChI is InChI=1S/C15H17FO/c1-11-9-13(7-8-14(11)16)15(17)10-12-5-3-2-4-6-12/h7-10H,2-6H2,1H3. The van der Waals surface area contributed by atoms with E-state index in [1.807, 2.05) is 0 Å². The van der Waals surface area contributed by atoms with E-state index < -0.39 is 0 Å². The van der Waals surface area contributed by atoms with Crippen molar-refractivity contribution in [1.29, 1.82) is 0 Å². The number of allylic oxidation sites excluding steroid dienone is 2. The van der Waals surface area contributed by atoms with Gasteiger partial charge in [0.05, 0.1) is 0 Å². The summed E-state index contributed by atoms with van der Waals surface area (Å²) in [6.07, 6.45) is 7.44. The number of rotatable bonds is 2. The van der Waals surface area contributed by atoms with E-state index in [4.69, 9.17) is 0 Å². The SMILES string of the molecule is Cc1cc(C(=O)C=C2CCCCC2)ccc1F. The molecule has 17 heavy (non-hydrogen) atoms. The van der Waals surface area contributed by atoms with Gasteiger partial charge in [-0.2, -0.15) is 0 Å². The Bertz CT molecular complexity index is 452. The lowest BCUT2D eigenvalue weighted by atomic mass is 9.93. The molecule has 1 aliphatic rings. The quantitative estimate of drug-likeness (QED) is 0.551. The van der Waals surface area contributed by atoms with E-state index in [0.717, 1.165) is 12.8 Å². The lowest BCUT2D eigenvalue weighted by Gasteiger charge is -2.12. The second-order valence-corrected chi connectivity index (χ2v) is 4.69. The Morgan fingerprint density at radius 3 is 2.59 bits per heavy atom. The Morgan fingerprint density at radius 2 is 1.94 bits per heavy atom. The number of benzene rings is 1. The largest absolute Gasteiger partial charge is 0.289 e. The van der Waals surface area contributed by atoms with E-state index in [9.17, 15) is 9.18 Å². The molecule has 0 heterocycles. The van der Waals surface area contributed by atoms with Gasteiger partial charge in [0.15, 0.2) is 5.78 Å². The van der Waals surface area contributed by atoms with Gasteiger partial charge >= 0.3 is 0 Å². The second-order valence-electron chi connectivity index (χ2n) is 4.69. The zero-order valence-electron chi connectivity index (χ0n) is 10.1. The molecule has 0 radical (unpaired) electrons. The van der Waals surface area contributed by atoms with Crippen LogP contribution in [0, 0.1) is 12.7 Å². The molecule has 1 fully saturated rings. The minimum Gasteiger partial charge on any atom is -0.289 e. The smallest absolute Gasteiger partial charge is 0.185 e. The summed E-state index contributed by atoms with van der Waals surface area (Å²) < 4.78 is 13.1. The number of aryl methyl sites for hydroxylation is 1. The summed E-state index contributed by atoms with van der Waals surface area (Å²) in [5.74, 6) is -0.253. The van der Waals surface area contributed by atoms with Crippen LogP contribution in [0.1, 0.15) is 48.0 Å². The molecule has 0 spiro atoms. The monoisotopic (exact) mass is 232 g/mol. The Labute approximate surface area is 101 Å². The fourth-order valence-electron chi connectivity index (χ4n) is 2.22. The molecule has 0 N–H and O–H groups in total. The van der Waals surface area contributed by atoms with Crippen molar-refractivity contribution in [2.45, 2.75) is 39.0 Å². The molecule has 0 bridgehead atoms. The number of carbonyl (C=O) groups is 1. The van der Waals surface area contributed by atoms with Crippen LogP contribution in [0.3, 0.4) is 0 Å². The molecule has 1 nitrogen and oxygen atoms in total. The number of halogens is 1. The minimum absolute atomic E-state index is 0.00463. The summed E-state index contributed by atoms with van der Waals surface area (Å²) in [7, 11) is 0. The van der Waals surface area contributed by atoms with Gasteiger partial charge in [0.1, 0.15) is 5.82 Å². The van der Waals surface area contributed by atoms with Crippen molar-refractivity contribution in [3.8, 4) is 0 Å². The van der Waals surface area contributed by atoms with Crippen molar-refractivity contribution in [1.82, 2.24) is 0 Å². The van der Waals surface area contributed by atoms with Gasteiger partial charge in [-0.25, -0.2) is 4.39 Å². The molecule has 90 valence electrons. The van der Waals surface area contributed by atoms with Crippen LogP contribution in [0.5, 0.6) is 0 Å². The molecule has 0 saturated heterocycles. The molecule has 0 atom stereocenters. The van der Waals surface area contributed by atoms with Crippen LogP contribution < -0.4 is 0 Å². The predicted molar refractivity (Wildman–Crippen MR) is 66.6 cm³/mol. The van der Waals surface area contributed by atoms with Crippen molar-refractivity contribution in [2.24, 2.45) is 0 Å². The van der Waals surface area contributed by atoms with Gasteiger partial charge < -0.3 is 0 Å². The molecule has 1 aliphatic carbocycles. The highest BCUT2D eigenvalue weighted by atomic mass is 19.1. The minimum atomic E-state index is -0.258. The summed E-state index contributed by atoms with van der Waals surface area (Å²) in [4.78, 5) is 12.0. The van der Waals surface area contributed by atoms with Gasteiger partial charge in [0, 0.05) is 5.56 Å². The average molecular weight is 232 g/mol. The van der Waals surface area contributed by atoms with Crippen molar-refractivity contribution < 1.29 is 9.18 Å². The van der Waals surface area contributed by atoms with Crippen LogP contribution in [0.4, 0.5) is 4.39 Å². The van der Waals surface area contributed by atoms with Crippen LogP contribution in [0.25, 0.3) is 0 Å². The lowest BCUT2D eigenvalue weighted by molar-refractivity contribution is 0.104. The zero-order chi connectivity index (χ0) is 12.3. The topological polar surface area (TPSA) is 17.1 Å². The molecular formula is C15H17FO. The molecule has 2 heteroatoms. The number of hydrogen-bond acceptors (Lipinski definition) is 1. The Balaban J connectivity index is 2.16. The van der Waals surface area contributed by atoms with Gasteiger partial charge in [-0.05, 0) is 62.4 Å². The predicted octanol–water partition coefficient (Wildman–Crippen LogP) is 4.21. The molecule has 0 unspecified atom stereocenters. The van der Waals surface area contributed by atoms with E-state index in [1.165, 1.54) is 30.9 Å². The first-order chi connectivity index (χ1) is 8.16. The first-order valence-corrected chi connectivity index (χ1v) is 6.17. The van der Waals surface area contributed by atoms with Gasteiger partial charge in [0.25, 0.3) is 0 Å².